The number of fused-ring (bicyclic) bond motifs is 3. The maximum absolute atomic E-state index is 12.7. The highest BCUT2D eigenvalue weighted by molar-refractivity contribution is 5.85. The third kappa shape index (κ3) is 3.64. The van der Waals surface area contributed by atoms with Crippen molar-refractivity contribution in [1.82, 2.24) is 15.1 Å². The van der Waals surface area contributed by atoms with Crippen molar-refractivity contribution in [3.63, 3.8) is 0 Å². The average molecular weight is 430 g/mol. The number of carboxylic acids is 1. The summed E-state index contributed by atoms with van der Waals surface area (Å²) in [5, 5.41) is 16.7. The minimum Gasteiger partial charge on any atom is -0.476 e. The number of piperazine rings is 1. The molecule has 2 aromatic carbocycles. The van der Waals surface area contributed by atoms with Gasteiger partial charge in [0.25, 0.3) is 0 Å². The molecule has 32 heavy (non-hydrogen) atoms. The fourth-order valence-corrected chi connectivity index (χ4v) is 4.41. The van der Waals surface area contributed by atoms with E-state index < -0.39 is 5.97 Å². The Morgan fingerprint density at radius 1 is 0.875 bits per heavy atom. The molecular weight excluding hydrogens is 408 g/mol. The molecule has 1 saturated heterocycles. The van der Waals surface area contributed by atoms with Crippen LogP contribution < -0.4 is 4.90 Å². The number of anilines is 1. The van der Waals surface area contributed by atoms with Crippen molar-refractivity contribution in [3.8, 4) is 11.1 Å². The van der Waals surface area contributed by atoms with Gasteiger partial charge in [0, 0.05) is 32.1 Å². The van der Waals surface area contributed by atoms with E-state index in [-0.39, 0.29) is 17.7 Å². The fourth-order valence-electron chi connectivity index (χ4n) is 4.41. The summed E-state index contributed by atoms with van der Waals surface area (Å²) in [6.07, 6.45) is -0.321. The minimum absolute atomic E-state index is 0.0377. The molecular formula is C24H22N4O4. The quantitative estimate of drug-likeness (QED) is 0.679. The van der Waals surface area contributed by atoms with Crippen molar-refractivity contribution in [2.45, 2.75) is 5.92 Å². The lowest BCUT2D eigenvalue weighted by molar-refractivity contribution is 0.0689. The van der Waals surface area contributed by atoms with Crippen molar-refractivity contribution in [3.05, 3.63) is 77.5 Å². The highest BCUT2D eigenvalue weighted by atomic mass is 16.6. The number of amides is 1. The lowest BCUT2D eigenvalue weighted by Gasteiger charge is -2.34. The predicted molar refractivity (Wildman–Crippen MR) is 118 cm³/mol. The Morgan fingerprint density at radius 3 is 2.06 bits per heavy atom. The first-order valence-electron chi connectivity index (χ1n) is 10.5. The molecule has 1 aliphatic carbocycles. The number of ether oxygens (including phenoxy) is 1. The summed E-state index contributed by atoms with van der Waals surface area (Å²) in [6, 6.07) is 19.6. The topological polar surface area (TPSA) is 95.9 Å². The highest BCUT2D eigenvalue weighted by Gasteiger charge is 2.30. The number of hydrogen-bond donors (Lipinski definition) is 1. The summed E-state index contributed by atoms with van der Waals surface area (Å²) in [6.45, 7) is 2.45. The zero-order valence-corrected chi connectivity index (χ0v) is 17.3. The van der Waals surface area contributed by atoms with Crippen LogP contribution in [0.15, 0.2) is 60.7 Å². The van der Waals surface area contributed by atoms with Crippen LogP contribution in [-0.2, 0) is 4.74 Å². The largest absolute Gasteiger partial charge is 0.476 e. The normalized spacial score (nSPS) is 15.2. The Labute approximate surface area is 185 Å². The van der Waals surface area contributed by atoms with E-state index in [4.69, 9.17) is 9.84 Å². The summed E-state index contributed by atoms with van der Waals surface area (Å²) in [5.41, 5.74) is 4.69. The summed E-state index contributed by atoms with van der Waals surface area (Å²) in [5.74, 6) is -0.470. The molecule has 8 nitrogen and oxygen atoms in total. The fraction of sp³-hybridized carbons (Fsp3) is 0.250. The van der Waals surface area contributed by atoms with Gasteiger partial charge in [-0.3, -0.25) is 0 Å². The SMILES string of the molecule is O=C(O)c1ccc(N2CCN(C(=O)OCC3c4ccccc4-c4ccccc43)CC2)nn1. The number of carbonyl (C=O) groups excluding carboxylic acids is 1. The van der Waals surface area contributed by atoms with Gasteiger partial charge < -0.3 is 19.6 Å². The second-order valence-electron chi connectivity index (χ2n) is 7.86. The Hall–Kier alpha value is -3.94. The highest BCUT2D eigenvalue weighted by Crippen LogP contribution is 2.44. The molecule has 0 radical (unpaired) electrons. The Morgan fingerprint density at radius 2 is 1.50 bits per heavy atom. The monoisotopic (exact) mass is 430 g/mol. The van der Waals surface area contributed by atoms with Crippen LogP contribution in [0.3, 0.4) is 0 Å². The lowest BCUT2D eigenvalue weighted by Crippen LogP contribution is -2.49. The maximum atomic E-state index is 12.7. The third-order valence-electron chi connectivity index (χ3n) is 6.07. The van der Waals surface area contributed by atoms with Gasteiger partial charge >= 0.3 is 12.1 Å². The second kappa shape index (κ2) is 8.30. The van der Waals surface area contributed by atoms with E-state index in [9.17, 15) is 9.59 Å². The van der Waals surface area contributed by atoms with E-state index in [2.05, 4.69) is 34.5 Å². The number of rotatable bonds is 4. The van der Waals surface area contributed by atoms with E-state index in [1.165, 1.54) is 28.3 Å². The molecule has 2 aliphatic rings. The van der Waals surface area contributed by atoms with Gasteiger partial charge in [-0.2, -0.15) is 0 Å². The molecule has 162 valence electrons. The maximum Gasteiger partial charge on any atom is 0.409 e. The van der Waals surface area contributed by atoms with Gasteiger partial charge in [-0.1, -0.05) is 48.5 Å². The van der Waals surface area contributed by atoms with Crippen LogP contribution in [0.25, 0.3) is 11.1 Å². The molecule has 8 heteroatoms. The molecule has 1 aliphatic heterocycles. The number of aromatic carboxylic acids is 1. The molecule has 0 atom stereocenters. The van der Waals surface area contributed by atoms with Crippen molar-refractivity contribution >= 4 is 17.9 Å². The van der Waals surface area contributed by atoms with Crippen molar-refractivity contribution in [2.75, 3.05) is 37.7 Å². The van der Waals surface area contributed by atoms with E-state index in [1.54, 1.807) is 11.0 Å². The van der Waals surface area contributed by atoms with Crippen LogP contribution in [0.5, 0.6) is 0 Å². The molecule has 0 bridgehead atoms. The smallest absolute Gasteiger partial charge is 0.409 e. The lowest BCUT2D eigenvalue weighted by atomic mass is 9.98. The summed E-state index contributed by atoms with van der Waals surface area (Å²) >= 11 is 0. The van der Waals surface area contributed by atoms with Crippen molar-refractivity contribution < 1.29 is 19.4 Å². The van der Waals surface area contributed by atoms with Crippen molar-refractivity contribution in [1.29, 1.82) is 0 Å². The number of carboxylic acid groups (broad SMARTS) is 1. The van der Waals surface area contributed by atoms with E-state index >= 15 is 0 Å². The van der Waals surface area contributed by atoms with E-state index in [0.717, 1.165) is 0 Å². The van der Waals surface area contributed by atoms with Gasteiger partial charge in [0.1, 0.15) is 6.61 Å². The molecule has 1 N–H and O–H groups in total. The number of nitrogens with zero attached hydrogens (tertiary/aromatic N) is 4. The van der Waals surface area contributed by atoms with Gasteiger partial charge in [-0.15, -0.1) is 10.2 Å². The molecule has 0 unspecified atom stereocenters. The van der Waals surface area contributed by atoms with Gasteiger partial charge in [0.2, 0.25) is 0 Å². The molecule has 1 aromatic heterocycles. The molecule has 1 amide bonds. The Bertz CT molecular complexity index is 1110. The molecule has 1 fully saturated rings. The van der Waals surface area contributed by atoms with Gasteiger partial charge in [0.05, 0.1) is 0 Å². The molecule has 2 heterocycles. The van der Waals surface area contributed by atoms with Crippen molar-refractivity contribution in [2.24, 2.45) is 0 Å². The number of carbonyl (C=O) groups is 2. The van der Waals surface area contributed by atoms with Crippen LogP contribution in [-0.4, -0.2) is 65.1 Å². The number of aromatic nitrogens is 2. The van der Waals surface area contributed by atoms with Crippen LogP contribution >= 0.6 is 0 Å². The van der Waals surface area contributed by atoms with E-state index in [1.807, 2.05) is 29.2 Å². The minimum atomic E-state index is -1.11. The molecule has 0 saturated carbocycles. The zero-order valence-electron chi connectivity index (χ0n) is 17.3. The van der Waals surface area contributed by atoms with Crippen LogP contribution in [0, 0.1) is 0 Å². The predicted octanol–water partition coefficient (Wildman–Crippen LogP) is 3.25. The van der Waals surface area contributed by atoms with Gasteiger partial charge in [0.15, 0.2) is 11.5 Å². The standard InChI is InChI=1S/C24H22N4O4/c29-23(30)21-9-10-22(26-25-21)27-11-13-28(14-12-27)24(31)32-15-20-18-7-3-1-5-16(18)17-6-2-4-8-19(17)20/h1-10,20H,11-15H2,(H,29,30). The van der Waals surface area contributed by atoms with Crippen LogP contribution in [0.2, 0.25) is 0 Å². The Kier molecular flexibility index (Phi) is 5.18. The number of hydrogen-bond acceptors (Lipinski definition) is 6. The summed E-state index contributed by atoms with van der Waals surface area (Å²) in [7, 11) is 0. The molecule has 0 spiro atoms. The van der Waals surface area contributed by atoms with Crippen LogP contribution in [0.4, 0.5) is 10.6 Å². The first-order chi connectivity index (χ1) is 15.6. The van der Waals surface area contributed by atoms with E-state index in [0.29, 0.717) is 38.6 Å². The number of benzene rings is 2. The average Bonchev–Trinajstić information content (AvgIpc) is 3.16. The molecule has 5 rings (SSSR count). The van der Waals surface area contributed by atoms with Gasteiger partial charge in [-0.05, 0) is 34.4 Å². The second-order valence-corrected chi connectivity index (χ2v) is 7.86. The first-order valence-corrected chi connectivity index (χ1v) is 10.5. The first kappa shape index (κ1) is 20.0. The summed E-state index contributed by atoms with van der Waals surface area (Å²) < 4.78 is 5.74. The summed E-state index contributed by atoms with van der Waals surface area (Å²) in [4.78, 5) is 27.3. The Balaban J connectivity index is 1.20. The molecule has 3 aromatic rings. The van der Waals surface area contributed by atoms with Gasteiger partial charge in [-0.25, -0.2) is 9.59 Å². The zero-order chi connectivity index (χ0) is 22.1. The third-order valence-corrected chi connectivity index (χ3v) is 6.07. The van der Waals surface area contributed by atoms with Crippen LogP contribution in [0.1, 0.15) is 27.5 Å².